The molecule has 14 heavy (non-hydrogen) atoms. The van der Waals surface area contributed by atoms with E-state index in [0.29, 0.717) is 0 Å². The van der Waals surface area contributed by atoms with Crippen LogP contribution in [0.4, 0.5) is 0 Å². The van der Waals surface area contributed by atoms with E-state index in [1.165, 1.54) is 30.6 Å². The van der Waals surface area contributed by atoms with Crippen LogP contribution in [0.25, 0.3) is 0 Å². The second kappa shape index (κ2) is 3.45. The smallest absolute Gasteiger partial charge is 0.0227 e. The van der Waals surface area contributed by atoms with Crippen molar-refractivity contribution in [3.05, 3.63) is 23.0 Å². The molecule has 0 fully saturated rings. The molecule has 0 radical (unpaired) electrons. The summed E-state index contributed by atoms with van der Waals surface area (Å²) in [7, 11) is 0. The van der Waals surface area contributed by atoms with Gasteiger partial charge < -0.3 is 4.57 Å². The summed E-state index contributed by atoms with van der Waals surface area (Å²) in [5, 5.41) is 0. The van der Waals surface area contributed by atoms with Crippen molar-refractivity contribution in [1.82, 2.24) is 4.57 Å². The fraction of sp³-hybridized carbons (Fsp3) is 0.692. The highest BCUT2D eigenvalue weighted by Gasteiger charge is 2.23. The number of aromatic nitrogens is 1. The Kier molecular flexibility index (Phi) is 2.42. The summed E-state index contributed by atoms with van der Waals surface area (Å²) in [5.41, 5.74) is 4.53. The molecule has 0 saturated heterocycles. The van der Waals surface area contributed by atoms with Gasteiger partial charge in [0.15, 0.2) is 0 Å². The van der Waals surface area contributed by atoms with Gasteiger partial charge >= 0.3 is 0 Å². The summed E-state index contributed by atoms with van der Waals surface area (Å²) < 4.78 is 2.51. The topological polar surface area (TPSA) is 4.93 Å². The second-order valence-corrected chi connectivity index (χ2v) is 5.06. The number of fused-ring (bicyclic) bond motifs is 1. The Labute approximate surface area is 87.1 Å². The number of hydrogen-bond acceptors (Lipinski definition) is 0. The predicted octanol–water partition coefficient (Wildman–Crippen LogP) is 3.32. The van der Waals surface area contributed by atoms with Crippen LogP contribution in [0.3, 0.4) is 0 Å². The van der Waals surface area contributed by atoms with Gasteiger partial charge in [0, 0.05) is 17.9 Å². The maximum Gasteiger partial charge on any atom is 0.0227 e. The maximum atomic E-state index is 2.51. The summed E-state index contributed by atoms with van der Waals surface area (Å²) in [4.78, 5) is 0. The highest BCUT2D eigenvalue weighted by Crippen LogP contribution is 2.30. The Hall–Kier alpha value is -0.720. The summed E-state index contributed by atoms with van der Waals surface area (Å²) in [6.45, 7) is 10.4. The van der Waals surface area contributed by atoms with Gasteiger partial charge in [0.25, 0.3) is 0 Å². The van der Waals surface area contributed by atoms with Crippen LogP contribution in [0.5, 0.6) is 0 Å². The van der Waals surface area contributed by atoms with Crippen LogP contribution in [-0.2, 0) is 13.0 Å². The van der Waals surface area contributed by atoms with Crippen molar-refractivity contribution >= 4 is 0 Å². The lowest BCUT2D eigenvalue weighted by atomic mass is 9.85. The van der Waals surface area contributed by atoms with E-state index in [2.05, 4.69) is 38.3 Å². The summed E-state index contributed by atoms with van der Waals surface area (Å²) in [6, 6.07) is 2.33. The number of rotatable bonds is 1. The first kappa shape index (κ1) is 9.82. The van der Waals surface area contributed by atoms with E-state index in [-0.39, 0.29) is 0 Å². The first-order valence-corrected chi connectivity index (χ1v) is 5.75. The zero-order valence-corrected chi connectivity index (χ0v) is 9.80. The van der Waals surface area contributed by atoms with Gasteiger partial charge in [-0.05, 0) is 50.2 Å². The Morgan fingerprint density at radius 2 is 2.07 bits per heavy atom. The standard InChI is InChI=1S/C13H21N/c1-9(2)12-5-6-14-11(4)7-10(3)13(14)8-12/h7,9,12H,5-6,8H2,1-4H3. The van der Waals surface area contributed by atoms with Crippen LogP contribution in [0.15, 0.2) is 6.07 Å². The zero-order chi connectivity index (χ0) is 10.3. The molecule has 1 unspecified atom stereocenters. The molecule has 0 aromatic carbocycles. The molecule has 1 aliphatic rings. The van der Waals surface area contributed by atoms with Gasteiger partial charge in [0.1, 0.15) is 0 Å². The maximum absolute atomic E-state index is 2.51. The molecule has 2 rings (SSSR count). The Balaban J connectivity index is 2.30. The predicted molar refractivity (Wildman–Crippen MR) is 60.6 cm³/mol. The quantitative estimate of drug-likeness (QED) is 0.641. The summed E-state index contributed by atoms with van der Waals surface area (Å²) >= 11 is 0. The van der Waals surface area contributed by atoms with E-state index >= 15 is 0 Å². The number of hydrogen-bond donors (Lipinski definition) is 0. The minimum atomic E-state index is 0.832. The third-order valence-corrected chi connectivity index (χ3v) is 3.75. The van der Waals surface area contributed by atoms with Gasteiger partial charge in [-0.15, -0.1) is 0 Å². The third-order valence-electron chi connectivity index (χ3n) is 3.75. The Morgan fingerprint density at radius 3 is 2.71 bits per heavy atom. The summed E-state index contributed by atoms with van der Waals surface area (Å²) in [5.74, 6) is 1.73. The molecule has 0 amide bonds. The van der Waals surface area contributed by atoms with Crippen LogP contribution >= 0.6 is 0 Å². The van der Waals surface area contributed by atoms with Crippen LogP contribution in [0, 0.1) is 25.7 Å². The molecule has 1 aromatic rings. The van der Waals surface area contributed by atoms with Gasteiger partial charge in [-0.25, -0.2) is 0 Å². The van der Waals surface area contributed by atoms with Crippen LogP contribution in [0.1, 0.15) is 37.2 Å². The van der Waals surface area contributed by atoms with E-state index in [9.17, 15) is 0 Å². The minimum absolute atomic E-state index is 0.832. The van der Waals surface area contributed by atoms with E-state index in [4.69, 9.17) is 0 Å². The molecule has 1 aliphatic heterocycles. The van der Waals surface area contributed by atoms with Crippen molar-refractivity contribution in [2.24, 2.45) is 11.8 Å². The lowest BCUT2D eigenvalue weighted by molar-refractivity contribution is 0.300. The van der Waals surface area contributed by atoms with Gasteiger partial charge in [-0.1, -0.05) is 13.8 Å². The van der Waals surface area contributed by atoms with Crippen molar-refractivity contribution in [3.8, 4) is 0 Å². The van der Waals surface area contributed by atoms with Crippen molar-refractivity contribution in [2.45, 2.75) is 47.1 Å². The molecular weight excluding hydrogens is 170 g/mol. The number of nitrogens with zero attached hydrogens (tertiary/aromatic N) is 1. The lowest BCUT2D eigenvalue weighted by Crippen LogP contribution is -2.23. The second-order valence-electron chi connectivity index (χ2n) is 5.06. The average molecular weight is 191 g/mol. The van der Waals surface area contributed by atoms with E-state index in [1.54, 1.807) is 5.69 Å². The molecule has 1 atom stereocenters. The monoisotopic (exact) mass is 191 g/mol. The molecule has 0 saturated carbocycles. The van der Waals surface area contributed by atoms with E-state index in [1.807, 2.05) is 0 Å². The normalized spacial score (nSPS) is 21.4. The Bertz CT molecular complexity index is 333. The van der Waals surface area contributed by atoms with Crippen molar-refractivity contribution in [3.63, 3.8) is 0 Å². The van der Waals surface area contributed by atoms with Crippen LogP contribution < -0.4 is 0 Å². The van der Waals surface area contributed by atoms with Crippen molar-refractivity contribution < 1.29 is 0 Å². The van der Waals surface area contributed by atoms with Gasteiger partial charge in [0.2, 0.25) is 0 Å². The highest BCUT2D eigenvalue weighted by atomic mass is 15.0. The minimum Gasteiger partial charge on any atom is -0.349 e. The Morgan fingerprint density at radius 1 is 1.36 bits per heavy atom. The number of aryl methyl sites for hydroxylation is 2. The molecule has 0 N–H and O–H groups in total. The first-order valence-electron chi connectivity index (χ1n) is 5.75. The van der Waals surface area contributed by atoms with Crippen molar-refractivity contribution in [2.75, 3.05) is 0 Å². The molecule has 0 bridgehead atoms. The molecule has 1 aromatic heterocycles. The molecule has 78 valence electrons. The fourth-order valence-corrected chi connectivity index (χ4v) is 2.70. The van der Waals surface area contributed by atoms with E-state index < -0.39 is 0 Å². The van der Waals surface area contributed by atoms with Gasteiger partial charge in [-0.2, -0.15) is 0 Å². The largest absolute Gasteiger partial charge is 0.349 e. The molecule has 1 nitrogen and oxygen atoms in total. The highest BCUT2D eigenvalue weighted by molar-refractivity contribution is 5.27. The third kappa shape index (κ3) is 1.49. The molecular formula is C13H21N. The zero-order valence-electron chi connectivity index (χ0n) is 9.80. The molecule has 2 heterocycles. The van der Waals surface area contributed by atoms with Crippen LogP contribution in [0.2, 0.25) is 0 Å². The molecule has 0 spiro atoms. The van der Waals surface area contributed by atoms with Crippen LogP contribution in [-0.4, -0.2) is 4.57 Å². The first-order chi connectivity index (χ1) is 6.59. The van der Waals surface area contributed by atoms with Gasteiger partial charge in [-0.3, -0.25) is 0 Å². The molecule has 1 heteroatoms. The van der Waals surface area contributed by atoms with E-state index in [0.717, 1.165) is 11.8 Å². The lowest BCUT2D eigenvalue weighted by Gasteiger charge is -2.28. The fourth-order valence-electron chi connectivity index (χ4n) is 2.70. The summed E-state index contributed by atoms with van der Waals surface area (Å²) in [6.07, 6.45) is 2.65. The van der Waals surface area contributed by atoms with Gasteiger partial charge in [0.05, 0.1) is 0 Å². The average Bonchev–Trinajstić information content (AvgIpc) is 2.42. The SMILES string of the molecule is Cc1cc(C)n2c1CC(C(C)C)CC2. The molecule has 0 aliphatic carbocycles. The van der Waals surface area contributed by atoms with Crippen molar-refractivity contribution in [1.29, 1.82) is 0 Å².